The number of aryl methyl sites for hydroxylation is 1. The van der Waals surface area contributed by atoms with E-state index in [1.165, 1.54) is 0 Å². The Hall–Kier alpha value is -4.67. The number of hydrogen-bond acceptors (Lipinski definition) is 6. The number of benzene rings is 3. The van der Waals surface area contributed by atoms with E-state index in [0.717, 1.165) is 34.0 Å². The van der Waals surface area contributed by atoms with E-state index in [2.05, 4.69) is 55.7 Å². The summed E-state index contributed by atoms with van der Waals surface area (Å²) in [5, 5.41) is 9.99. The second-order valence-electron chi connectivity index (χ2n) is 10.7. The van der Waals surface area contributed by atoms with Crippen LogP contribution >= 0.6 is 0 Å². The van der Waals surface area contributed by atoms with Gasteiger partial charge in [0.2, 0.25) is 0 Å². The molecule has 0 amide bonds. The standard InChI is InChI=1S/C34H34N4O3/c1-21(2)31(38-20-26(14-15-35)37-34(38)25-11-8-22(3)9-12-25)33-29(17-23-6-5-7-27(16-23)40-4)32(39)28-13-10-24(19-36)18-30(28)41-33/h5-13,16,18,20-21,31H,14-15,17,35H2,1-4H3. The van der Waals surface area contributed by atoms with Crippen LogP contribution in [-0.4, -0.2) is 23.2 Å². The van der Waals surface area contributed by atoms with Gasteiger partial charge in [0.05, 0.1) is 35.9 Å². The number of fused-ring (bicyclic) bond motifs is 1. The molecule has 2 N–H and O–H groups in total. The lowest BCUT2D eigenvalue weighted by molar-refractivity contribution is 0.359. The van der Waals surface area contributed by atoms with Gasteiger partial charge in [-0.15, -0.1) is 0 Å². The fourth-order valence-electron chi connectivity index (χ4n) is 5.30. The van der Waals surface area contributed by atoms with Gasteiger partial charge in [-0.1, -0.05) is 55.8 Å². The zero-order valence-electron chi connectivity index (χ0n) is 23.8. The summed E-state index contributed by atoms with van der Waals surface area (Å²) in [5.41, 5.74) is 11.1. The number of imidazole rings is 1. The molecule has 2 aromatic heterocycles. The van der Waals surface area contributed by atoms with Crippen molar-refractivity contribution >= 4 is 11.0 Å². The maximum absolute atomic E-state index is 14.2. The molecule has 1 unspecified atom stereocenters. The van der Waals surface area contributed by atoms with Gasteiger partial charge in [0, 0.05) is 30.2 Å². The van der Waals surface area contributed by atoms with Crippen LogP contribution in [-0.2, 0) is 12.8 Å². The van der Waals surface area contributed by atoms with E-state index in [1.54, 1.807) is 25.3 Å². The summed E-state index contributed by atoms with van der Waals surface area (Å²) in [5.74, 6) is 2.09. The molecule has 5 aromatic rings. The topological polar surface area (TPSA) is 107 Å². The van der Waals surface area contributed by atoms with Crippen molar-refractivity contribution in [3.63, 3.8) is 0 Å². The molecule has 0 fully saturated rings. The molecule has 0 aliphatic carbocycles. The molecule has 0 aliphatic rings. The lowest BCUT2D eigenvalue weighted by Crippen LogP contribution is -2.23. The molecule has 0 bridgehead atoms. The van der Waals surface area contributed by atoms with Crippen LogP contribution in [0, 0.1) is 24.2 Å². The highest BCUT2D eigenvalue weighted by Crippen LogP contribution is 2.36. The Morgan fingerprint density at radius 1 is 1.10 bits per heavy atom. The van der Waals surface area contributed by atoms with E-state index in [4.69, 9.17) is 19.9 Å². The number of rotatable bonds is 9. The summed E-state index contributed by atoms with van der Waals surface area (Å²) in [6.45, 7) is 6.74. The van der Waals surface area contributed by atoms with Crippen molar-refractivity contribution in [3.8, 4) is 23.2 Å². The lowest BCUT2D eigenvalue weighted by atomic mass is 9.93. The molecule has 0 saturated carbocycles. The normalized spacial score (nSPS) is 12.0. The number of methoxy groups -OCH3 is 1. The average Bonchev–Trinajstić information content (AvgIpc) is 3.38. The van der Waals surface area contributed by atoms with E-state index in [9.17, 15) is 10.1 Å². The van der Waals surface area contributed by atoms with Gasteiger partial charge in [-0.3, -0.25) is 4.79 Å². The molecule has 3 aromatic carbocycles. The predicted molar refractivity (Wildman–Crippen MR) is 161 cm³/mol. The van der Waals surface area contributed by atoms with Crippen LogP contribution in [0.4, 0.5) is 0 Å². The first-order chi connectivity index (χ1) is 19.8. The van der Waals surface area contributed by atoms with E-state index < -0.39 is 0 Å². The van der Waals surface area contributed by atoms with Gasteiger partial charge in [0.1, 0.15) is 22.9 Å². The third-order valence-electron chi connectivity index (χ3n) is 7.35. The number of nitrogens with two attached hydrogens (primary N) is 1. The van der Waals surface area contributed by atoms with Crippen LogP contribution in [0.5, 0.6) is 5.75 Å². The minimum Gasteiger partial charge on any atom is -0.497 e. The lowest BCUT2D eigenvalue weighted by Gasteiger charge is -2.26. The van der Waals surface area contributed by atoms with Crippen LogP contribution in [0.2, 0.25) is 0 Å². The van der Waals surface area contributed by atoms with Gasteiger partial charge in [0.25, 0.3) is 0 Å². The first-order valence-corrected chi connectivity index (χ1v) is 13.8. The van der Waals surface area contributed by atoms with Crippen LogP contribution < -0.4 is 15.9 Å². The van der Waals surface area contributed by atoms with Crippen molar-refractivity contribution in [1.82, 2.24) is 9.55 Å². The SMILES string of the molecule is COc1cccc(Cc2c(C(C(C)C)n3cc(CCN)nc3-c3ccc(C)cc3)oc3cc(C#N)ccc3c2=O)c1. The zero-order valence-corrected chi connectivity index (χ0v) is 23.8. The summed E-state index contributed by atoms with van der Waals surface area (Å²) in [7, 11) is 1.63. The van der Waals surface area contributed by atoms with Gasteiger partial charge in [0.15, 0.2) is 5.43 Å². The van der Waals surface area contributed by atoms with Crippen LogP contribution in [0.3, 0.4) is 0 Å². The van der Waals surface area contributed by atoms with E-state index in [-0.39, 0.29) is 17.4 Å². The summed E-state index contributed by atoms with van der Waals surface area (Å²) in [6.07, 6.45) is 3.01. The second-order valence-corrected chi connectivity index (χ2v) is 10.7. The smallest absolute Gasteiger partial charge is 0.196 e. The third-order valence-corrected chi connectivity index (χ3v) is 7.35. The van der Waals surface area contributed by atoms with Crippen molar-refractivity contribution < 1.29 is 9.15 Å². The largest absolute Gasteiger partial charge is 0.497 e. The van der Waals surface area contributed by atoms with Crippen molar-refractivity contribution in [3.05, 3.63) is 117 Å². The monoisotopic (exact) mass is 546 g/mol. The fourth-order valence-corrected chi connectivity index (χ4v) is 5.30. The maximum Gasteiger partial charge on any atom is 0.196 e. The van der Waals surface area contributed by atoms with E-state index in [0.29, 0.717) is 47.2 Å². The summed E-state index contributed by atoms with van der Waals surface area (Å²) in [6, 6.07) is 22.7. The van der Waals surface area contributed by atoms with Crippen molar-refractivity contribution in [2.24, 2.45) is 11.7 Å². The highest BCUT2D eigenvalue weighted by Gasteiger charge is 2.30. The van der Waals surface area contributed by atoms with Crippen molar-refractivity contribution in [2.45, 2.75) is 39.7 Å². The molecule has 7 nitrogen and oxygen atoms in total. The highest BCUT2D eigenvalue weighted by molar-refractivity contribution is 5.79. The molecule has 0 spiro atoms. The molecule has 2 heterocycles. The third kappa shape index (κ3) is 5.65. The van der Waals surface area contributed by atoms with Crippen LogP contribution in [0.25, 0.3) is 22.4 Å². The number of aromatic nitrogens is 2. The molecule has 5 rings (SSSR count). The van der Waals surface area contributed by atoms with Crippen LogP contribution in [0.1, 0.15) is 53.6 Å². The number of nitrogens with zero attached hydrogens (tertiary/aromatic N) is 3. The Morgan fingerprint density at radius 2 is 1.88 bits per heavy atom. The molecule has 7 heteroatoms. The summed E-state index contributed by atoms with van der Waals surface area (Å²) >= 11 is 0. The maximum atomic E-state index is 14.2. The number of ether oxygens (including phenoxy) is 1. The molecule has 0 saturated heterocycles. The Kier molecular flexibility index (Phi) is 8.04. The molecule has 41 heavy (non-hydrogen) atoms. The van der Waals surface area contributed by atoms with Gasteiger partial charge in [-0.25, -0.2) is 4.98 Å². The molecular weight excluding hydrogens is 512 g/mol. The van der Waals surface area contributed by atoms with Gasteiger partial charge in [-0.2, -0.15) is 5.26 Å². The van der Waals surface area contributed by atoms with E-state index in [1.807, 2.05) is 30.5 Å². The summed E-state index contributed by atoms with van der Waals surface area (Å²) in [4.78, 5) is 19.1. The first kappa shape index (κ1) is 27.9. The summed E-state index contributed by atoms with van der Waals surface area (Å²) < 4.78 is 14.2. The van der Waals surface area contributed by atoms with E-state index >= 15 is 0 Å². The number of nitriles is 1. The van der Waals surface area contributed by atoms with Gasteiger partial charge < -0.3 is 19.5 Å². The average molecular weight is 547 g/mol. The number of hydrogen-bond donors (Lipinski definition) is 1. The predicted octanol–water partition coefficient (Wildman–Crippen LogP) is 6.18. The molecular formula is C34H34N4O3. The molecule has 0 aliphatic heterocycles. The molecule has 1 atom stereocenters. The van der Waals surface area contributed by atoms with Crippen molar-refractivity contribution in [2.75, 3.05) is 13.7 Å². The first-order valence-electron chi connectivity index (χ1n) is 13.8. The molecule has 0 radical (unpaired) electrons. The zero-order chi connectivity index (χ0) is 29.1. The quantitative estimate of drug-likeness (QED) is 0.236. The Balaban J connectivity index is 1.78. The van der Waals surface area contributed by atoms with Crippen LogP contribution in [0.15, 0.2) is 82.1 Å². The highest BCUT2D eigenvalue weighted by atomic mass is 16.5. The Bertz CT molecular complexity index is 1790. The van der Waals surface area contributed by atoms with Gasteiger partial charge in [-0.05, 0) is 55.3 Å². The Labute approximate surface area is 239 Å². The minimum absolute atomic E-state index is 0.0305. The van der Waals surface area contributed by atoms with Gasteiger partial charge >= 0.3 is 0 Å². The van der Waals surface area contributed by atoms with Crippen molar-refractivity contribution in [1.29, 1.82) is 5.26 Å². The second kappa shape index (κ2) is 11.8. The Morgan fingerprint density at radius 3 is 2.56 bits per heavy atom. The fraction of sp³-hybridized carbons (Fsp3) is 0.265. The minimum atomic E-state index is -0.353. The molecule has 208 valence electrons.